The highest BCUT2D eigenvalue weighted by atomic mass is 16.3. The first-order valence-corrected chi connectivity index (χ1v) is 7.74. The van der Waals surface area contributed by atoms with Crippen molar-refractivity contribution in [1.29, 1.82) is 0 Å². The minimum Gasteiger partial charge on any atom is -0.396 e. The highest BCUT2D eigenvalue weighted by molar-refractivity contribution is 5.80. The Morgan fingerprint density at radius 2 is 2.00 bits per heavy atom. The van der Waals surface area contributed by atoms with Crippen molar-refractivity contribution >= 4 is 10.9 Å². The van der Waals surface area contributed by atoms with Gasteiger partial charge < -0.3 is 15.4 Å². The summed E-state index contributed by atoms with van der Waals surface area (Å²) in [7, 11) is 0. The smallest absolute Gasteiger partial charge is 0.0500 e. The lowest BCUT2D eigenvalue weighted by molar-refractivity contribution is 0.0306. The molecule has 1 aromatic carbocycles. The lowest BCUT2D eigenvalue weighted by Crippen LogP contribution is -2.49. The van der Waals surface area contributed by atoms with Crippen molar-refractivity contribution in [2.24, 2.45) is 5.41 Å². The molecule has 0 amide bonds. The van der Waals surface area contributed by atoms with E-state index < -0.39 is 0 Å². The second kappa shape index (κ2) is 5.79. The summed E-state index contributed by atoms with van der Waals surface area (Å²) in [6.07, 6.45) is 1.98. The Morgan fingerprint density at radius 3 is 2.71 bits per heavy atom. The lowest BCUT2D eigenvalue weighted by atomic mass is 9.79. The number of aromatic nitrogens is 1. The first kappa shape index (κ1) is 14.6. The fraction of sp³-hybridized carbons (Fsp3) is 0.529. The number of aliphatic hydroxyl groups excluding tert-OH is 1. The number of aromatic amines is 1. The Balaban J connectivity index is 2.00. The minimum atomic E-state index is -0.169. The molecule has 3 rings (SSSR count). The van der Waals surface area contributed by atoms with Crippen LogP contribution in [0.1, 0.15) is 25.5 Å². The predicted octanol–water partition coefficient (Wildman–Crippen LogP) is 2.13. The summed E-state index contributed by atoms with van der Waals surface area (Å²) in [6.45, 7) is 8.57. The SMILES string of the molecule is CC(C)(CO)[C@@H](c1ccc2cc[nH]c2c1)N1CCNCC1. The summed E-state index contributed by atoms with van der Waals surface area (Å²) < 4.78 is 0. The van der Waals surface area contributed by atoms with Crippen LogP contribution < -0.4 is 5.32 Å². The fourth-order valence-electron chi connectivity index (χ4n) is 3.42. The molecule has 114 valence electrons. The van der Waals surface area contributed by atoms with E-state index in [-0.39, 0.29) is 18.1 Å². The van der Waals surface area contributed by atoms with E-state index in [1.54, 1.807) is 0 Å². The molecule has 4 heteroatoms. The van der Waals surface area contributed by atoms with Crippen molar-refractivity contribution in [2.75, 3.05) is 32.8 Å². The molecule has 0 saturated carbocycles. The number of hydrogen-bond acceptors (Lipinski definition) is 3. The van der Waals surface area contributed by atoms with E-state index in [1.165, 1.54) is 16.5 Å². The number of rotatable bonds is 4. The van der Waals surface area contributed by atoms with Crippen LogP contribution in [0, 0.1) is 5.41 Å². The molecule has 21 heavy (non-hydrogen) atoms. The van der Waals surface area contributed by atoms with E-state index in [0.29, 0.717) is 0 Å². The van der Waals surface area contributed by atoms with Gasteiger partial charge in [0.05, 0.1) is 0 Å². The number of nitrogens with one attached hydrogen (secondary N) is 2. The second-order valence-corrected chi connectivity index (χ2v) is 6.66. The molecule has 0 radical (unpaired) electrons. The van der Waals surface area contributed by atoms with Gasteiger partial charge in [-0.15, -0.1) is 0 Å². The van der Waals surface area contributed by atoms with Crippen LogP contribution in [0.2, 0.25) is 0 Å². The number of H-pyrrole nitrogens is 1. The lowest BCUT2D eigenvalue weighted by Gasteiger charge is -2.43. The van der Waals surface area contributed by atoms with E-state index in [2.05, 4.69) is 53.3 Å². The molecule has 0 spiro atoms. The van der Waals surface area contributed by atoms with Crippen LogP contribution in [0.4, 0.5) is 0 Å². The van der Waals surface area contributed by atoms with Gasteiger partial charge in [-0.2, -0.15) is 0 Å². The summed E-state index contributed by atoms with van der Waals surface area (Å²) >= 11 is 0. The first-order chi connectivity index (χ1) is 10.1. The van der Waals surface area contributed by atoms with Crippen LogP contribution in [0.15, 0.2) is 30.5 Å². The van der Waals surface area contributed by atoms with Gasteiger partial charge in [-0.1, -0.05) is 26.0 Å². The maximum atomic E-state index is 9.88. The molecule has 1 saturated heterocycles. The molecule has 1 aliphatic heterocycles. The van der Waals surface area contributed by atoms with Crippen molar-refractivity contribution in [3.63, 3.8) is 0 Å². The van der Waals surface area contributed by atoms with Crippen molar-refractivity contribution in [1.82, 2.24) is 15.2 Å². The van der Waals surface area contributed by atoms with Gasteiger partial charge in [-0.3, -0.25) is 4.90 Å². The molecule has 1 aliphatic rings. The van der Waals surface area contributed by atoms with Crippen LogP contribution in [0.5, 0.6) is 0 Å². The zero-order valence-corrected chi connectivity index (χ0v) is 12.9. The number of aliphatic hydroxyl groups is 1. The van der Waals surface area contributed by atoms with Gasteiger partial charge in [0.1, 0.15) is 0 Å². The monoisotopic (exact) mass is 287 g/mol. The average Bonchev–Trinajstić information content (AvgIpc) is 2.96. The van der Waals surface area contributed by atoms with E-state index in [0.717, 1.165) is 26.2 Å². The highest BCUT2D eigenvalue weighted by Crippen LogP contribution is 2.39. The van der Waals surface area contributed by atoms with E-state index >= 15 is 0 Å². The molecule has 0 aliphatic carbocycles. The normalized spacial score (nSPS) is 19.0. The van der Waals surface area contributed by atoms with E-state index in [4.69, 9.17) is 0 Å². The number of benzene rings is 1. The van der Waals surface area contributed by atoms with Crippen molar-refractivity contribution in [3.8, 4) is 0 Å². The molecule has 2 aromatic rings. The van der Waals surface area contributed by atoms with Crippen molar-refractivity contribution in [2.45, 2.75) is 19.9 Å². The first-order valence-electron chi connectivity index (χ1n) is 7.74. The van der Waals surface area contributed by atoms with Crippen LogP contribution in [0.25, 0.3) is 10.9 Å². The molecule has 1 fully saturated rings. The Labute approximate surface area is 126 Å². The van der Waals surface area contributed by atoms with Gasteiger partial charge in [0.2, 0.25) is 0 Å². The summed E-state index contributed by atoms with van der Waals surface area (Å²) in [5.41, 5.74) is 2.28. The Kier molecular flexibility index (Phi) is 4.02. The molecular formula is C17H25N3O. The van der Waals surface area contributed by atoms with E-state index in [9.17, 15) is 5.11 Å². The van der Waals surface area contributed by atoms with Gasteiger partial charge in [0, 0.05) is 56.0 Å². The summed E-state index contributed by atoms with van der Waals surface area (Å²) in [5.74, 6) is 0. The quantitative estimate of drug-likeness (QED) is 0.807. The summed E-state index contributed by atoms with van der Waals surface area (Å²) in [4.78, 5) is 5.79. The summed E-state index contributed by atoms with van der Waals surface area (Å²) in [6, 6.07) is 8.94. The maximum absolute atomic E-state index is 9.88. The third-order valence-corrected chi connectivity index (χ3v) is 4.56. The molecule has 4 nitrogen and oxygen atoms in total. The fourth-order valence-corrected chi connectivity index (χ4v) is 3.42. The Hall–Kier alpha value is -1.36. The number of piperazine rings is 1. The second-order valence-electron chi connectivity index (χ2n) is 6.66. The van der Waals surface area contributed by atoms with Gasteiger partial charge in [-0.05, 0) is 23.1 Å². The molecule has 2 heterocycles. The molecule has 3 N–H and O–H groups in total. The molecule has 0 bridgehead atoms. The van der Waals surface area contributed by atoms with E-state index in [1.807, 2.05) is 6.20 Å². The molecular weight excluding hydrogens is 262 g/mol. The molecule has 1 aromatic heterocycles. The molecule has 1 atom stereocenters. The third kappa shape index (κ3) is 2.84. The topological polar surface area (TPSA) is 51.3 Å². The van der Waals surface area contributed by atoms with Crippen LogP contribution in [-0.4, -0.2) is 47.8 Å². The number of nitrogens with zero attached hydrogens (tertiary/aromatic N) is 1. The van der Waals surface area contributed by atoms with Gasteiger partial charge in [0.15, 0.2) is 0 Å². The molecule has 0 unspecified atom stereocenters. The van der Waals surface area contributed by atoms with Crippen LogP contribution >= 0.6 is 0 Å². The van der Waals surface area contributed by atoms with Crippen LogP contribution in [0.3, 0.4) is 0 Å². The van der Waals surface area contributed by atoms with Gasteiger partial charge in [-0.25, -0.2) is 0 Å². The predicted molar refractivity (Wildman–Crippen MR) is 86.3 cm³/mol. The Morgan fingerprint density at radius 1 is 1.24 bits per heavy atom. The number of fused-ring (bicyclic) bond motifs is 1. The number of hydrogen-bond donors (Lipinski definition) is 3. The zero-order chi connectivity index (χ0) is 14.9. The average molecular weight is 287 g/mol. The minimum absolute atomic E-state index is 0.169. The van der Waals surface area contributed by atoms with Gasteiger partial charge in [0.25, 0.3) is 0 Å². The third-order valence-electron chi connectivity index (χ3n) is 4.56. The standard InChI is InChI=1S/C17H25N3O/c1-17(2,12-21)16(20-9-7-18-8-10-20)14-4-3-13-5-6-19-15(13)11-14/h3-6,11,16,18-19,21H,7-10,12H2,1-2H3/t16-/m1/s1. The van der Waals surface area contributed by atoms with Crippen molar-refractivity contribution < 1.29 is 5.11 Å². The van der Waals surface area contributed by atoms with Crippen molar-refractivity contribution in [3.05, 3.63) is 36.0 Å². The Bertz CT molecular complexity index is 599. The largest absolute Gasteiger partial charge is 0.396 e. The zero-order valence-electron chi connectivity index (χ0n) is 12.9. The summed E-state index contributed by atoms with van der Waals surface area (Å²) in [5, 5.41) is 14.5. The maximum Gasteiger partial charge on any atom is 0.0500 e. The van der Waals surface area contributed by atoms with Crippen LogP contribution in [-0.2, 0) is 0 Å². The van der Waals surface area contributed by atoms with Gasteiger partial charge >= 0.3 is 0 Å². The highest BCUT2D eigenvalue weighted by Gasteiger charge is 2.35.